The number of halogens is 1. The number of hydrogen-bond donors (Lipinski definition) is 3. The Bertz CT molecular complexity index is 791. The molecule has 110 valence electrons. The van der Waals surface area contributed by atoms with E-state index < -0.39 is 32.3 Å². The summed E-state index contributed by atoms with van der Waals surface area (Å²) >= 11 is 0. The fourth-order valence-corrected chi connectivity index (χ4v) is 2.77. The molecule has 0 aliphatic rings. The number of anilines is 2. The van der Waals surface area contributed by atoms with Crippen molar-refractivity contribution in [2.45, 2.75) is 4.90 Å². The van der Waals surface area contributed by atoms with Crippen LogP contribution >= 0.6 is 0 Å². The molecule has 1 aromatic heterocycles. The molecule has 21 heavy (non-hydrogen) atoms. The van der Waals surface area contributed by atoms with E-state index in [2.05, 4.69) is 9.71 Å². The largest absolute Gasteiger partial charge is 0.478 e. The SMILES string of the molecule is Nc1ccc(S(=O)(=O)Nc2ccc(F)cn2)c(C(=O)O)c1. The van der Waals surface area contributed by atoms with Crippen molar-refractivity contribution in [2.75, 3.05) is 10.5 Å². The second kappa shape index (κ2) is 5.37. The molecular weight excluding hydrogens is 301 g/mol. The number of carboxylic acid groups (broad SMARTS) is 1. The maximum atomic E-state index is 12.7. The zero-order valence-electron chi connectivity index (χ0n) is 10.4. The molecule has 1 heterocycles. The molecule has 1 aromatic carbocycles. The molecule has 2 rings (SSSR count). The molecule has 0 atom stereocenters. The van der Waals surface area contributed by atoms with Crippen LogP contribution in [0.1, 0.15) is 10.4 Å². The van der Waals surface area contributed by atoms with Crippen molar-refractivity contribution in [3.63, 3.8) is 0 Å². The summed E-state index contributed by atoms with van der Waals surface area (Å²) in [5.74, 6) is -2.20. The smallest absolute Gasteiger partial charge is 0.337 e. The highest BCUT2D eigenvalue weighted by atomic mass is 32.2. The van der Waals surface area contributed by atoms with Gasteiger partial charge in [-0.3, -0.25) is 4.72 Å². The van der Waals surface area contributed by atoms with Crippen LogP contribution in [0.2, 0.25) is 0 Å². The Labute approximate surface area is 119 Å². The van der Waals surface area contributed by atoms with Gasteiger partial charge >= 0.3 is 5.97 Å². The maximum absolute atomic E-state index is 12.7. The quantitative estimate of drug-likeness (QED) is 0.731. The van der Waals surface area contributed by atoms with Crippen molar-refractivity contribution in [1.29, 1.82) is 0 Å². The van der Waals surface area contributed by atoms with Crippen molar-refractivity contribution < 1.29 is 22.7 Å². The summed E-state index contributed by atoms with van der Waals surface area (Å²) in [4.78, 5) is 14.2. The first-order valence-electron chi connectivity index (χ1n) is 5.57. The van der Waals surface area contributed by atoms with Gasteiger partial charge in [-0.25, -0.2) is 22.6 Å². The number of aromatic carboxylic acids is 1. The molecule has 0 spiro atoms. The number of hydrogen-bond acceptors (Lipinski definition) is 5. The Balaban J connectivity index is 2.44. The van der Waals surface area contributed by atoms with Gasteiger partial charge in [-0.1, -0.05) is 0 Å². The zero-order chi connectivity index (χ0) is 15.6. The molecule has 2 aromatic rings. The summed E-state index contributed by atoms with van der Waals surface area (Å²) in [5, 5.41) is 9.04. The lowest BCUT2D eigenvalue weighted by molar-refractivity contribution is 0.0692. The molecule has 0 aliphatic heterocycles. The summed E-state index contributed by atoms with van der Waals surface area (Å²) in [5.41, 5.74) is 5.09. The summed E-state index contributed by atoms with van der Waals surface area (Å²) in [6.45, 7) is 0. The second-order valence-electron chi connectivity index (χ2n) is 4.03. The summed E-state index contributed by atoms with van der Waals surface area (Å²) in [6, 6.07) is 5.51. The first kappa shape index (κ1) is 14.7. The Morgan fingerprint density at radius 1 is 1.29 bits per heavy atom. The topological polar surface area (TPSA) is 122 Å². The molecule has 0 fully saturated rings. The molecule has 9 heteroatoms. The van der Waals surface area contributed by atoms with Crippen LogP contribution < -0.4 is 10.5 Å². The highest BCUT2D eigenvalue weighted by molar-refractivity contribution is 7.92. The van der Waals surface area contributed by atoms with E-state index in [1.165, 1.54) is 6.07 Å². The van der Waals surface area contributed by atoms with Gasteiger partial charge in [0.05, 0.1) is 11.8 Å². The number of aromatic nitrogens is 1. The van der Waals surface area contributed by atoms with Crippen LogP contribution in [0.15, 0.2) is 41.4 Å². The molecule has 0 unspecified atom stereocenters. The lowest BCUT2D eigenvalue weighted by atomic mass is 10.2. The minimum absolute atomic E-state index is 0.117. The van der Waals surface area contributed by atoms with E-state index in [1.807, 2.05) is 0 Å². The maximum Gasteiger partial charge on any atom is 0.337 e. The summed E-state index contributed by atoms with van der Waals surface area (Å²) in [7, 11) is -4.19. The van der Waals surface area contributed by atoms with Crippen LogP contribution in [-0.2, 0) is 10.0 Å². The molecule has 0 amide bonds. The third-order valence-electron chi connectivity index (χ3n) is 2.49. The minimum Gasteiger partial charge on any atom is -0.478 e. The molecule has 0 aliphatic carbocycles. The molecule has 0 bridgehead atoms. The number of nitrogens with zero attached hydrogens (tertiary/aromatic N) is 1. The lowest BCUT2D eigenvalue weighted by Gasteiger charge is -2.10. The predicted molar refractivity (Wildman–Crippen MR) is 72.8 cm³/mol. The Morgan fingerprint density at radius 3 is 2.57 bits per heavy atom. The van der Waals surface area contributed by atoms with Gasteiger partial charge in [0.2, 0.25) is 0 Å². The number of rotatable bonds is 4. The minimum atomic E-state index is -4.19. The normalized spacial score (nSPS) is 11.1. The number of nitrogens with two attached hydrogens (primary N) is 1. The van der Waals surface area contributed by atoms with Gasteiger partial charge in [-0.2, -0.15) is 0 Å². The third-order valence-corrected chi connectivity index (χ3v) is 3.90. The van der Waals surface area contributed by atoms with E-state index in [0.29, 0.717) is 0 Å². The number of carbonyl (C=O) groups is 1. The van der Waals surface area contributed by atoms with Crippen LogP contribution in [0.25, 0.3) is 0 Å². The number of nitrogen functional groups attached to an aromatic ring is 1. The van der Waals surface area contributed by atoms with Crippen molar-refractivity contribution in [2.24, 2.45) is 0 Å². The highest BCUT2D eigenvalue weighted by Crippen LogP contribution is 2.21. The third kappa shape index (κ3) is 3.26. The fourth-order valence-electron chi connectivity index (χ4n) is 1.58. The standard InChI is InChI=1S/C12H10FN3O4S/c13-7-1-4-11(15-6-7)16-21(19,20)10-3-2-8(14)5-9(10)12(17)18/h1-6H,14H2,(H,15,16)(H,17,18). The van der Waals surface area contributed by atoms with Crippen molar-refractivity contribution in [1.82, 2.24) is 4.98 Å². The monoisotopic (exact) mass is 311 g/mol. The van der Waals surface area contributed by atoms with Crippen molar-refractivity contribution in [3.05, 3.63) is 47.9 Å². The Kier molecular flexibility index (Phi) is 3.76. The van der Waals surface area contributed by atoms with Crippen LogP contribution in [0.3, 0.4) is 0 Å². The van der Waals surface area contributed by atoms with Crippen molar-refractivity contribution >= 4 is 27.5 Å². The number of carboxylic acids is 1. The van der Waals surface area contributed by atoms with Crippen LogP contribution in [-0.4, -0.2) is 24.5 Å². The predicted octanol–water partition coefficient (Wildman–Crippen LogP) is 1.30. The van der Waals surface area contributed by atoms with Crippen LogP contribution in [0.5, 0.6) is 0 Å². The van der Waals surface area contributed by atoms with Gasteiger partial charge in [0.1, 0.15) is 16.5 Å². The number of sulfonamides is 1. The summed E-state index contributed by atoms with van der Waals surface area (Å²) < 4.78 is 39.1. The van der Waals surface area contributed by atoms with E-state index >= 15 is 0 Å². The second-order valence-corrected chi connectivity index (χ2v) is 5.68. The number of nitrogens with one attached hydrogen (secondary N) is 1. The van der Waals surface area contributed by atoms with E-state index in [4.69, 9.17) is 10.8 Å². The Hall–Kier alpha value is -2.68. The number of pyridine rings is 1. The summed E-state index contributed by atoms with van der Waals surface area (Å²) in [6.07, 6.45) is 0.832. The van der Waals surface area contributed by atoms with Gasteiger partial charge < -0.3 is 10.8 Å². The highest BCUT2D eigenvalue weighted by Gasteiger charge is 2.23. The van der Waals surface area contributed by atoms with Gasteiger partial charge in [-0.15, -0.1) is 0 Å². The van der Waals surface area contributed by atoms with Gasteiger partial charge in [0.25, 0.3) is 10.0 Å². The number of benzene rings is 1. The molecule has 7 nitrogen and oxygen atoms in total. The zero-order valence-corrected chi connectivity index (χ0v) is 11.3. The first-order chi connectivity index (χ1) is 9.79. The molecule has 0 saturated heterocycles. The van der Waals surface area contributed by atoms with Crippen LogP contribution in [0, 0.1) is 5.82 Å². The van der Waals surface area contributed by atoms with Gasteiger partial charge in [0, 0.05) is 5.69 Å². The molecular formula is C12H10FN3O4S. The van der Waals surface area contributed by atoms with E-state index in [-0.39, 0.29) is 11.5 Å². The van der Waals surface area contributed by atoms with E-state index in [9.17, 15) is 17.6 Å². The van der Waals surface area contributed by atoms with Crippen LogP contribution in [0.4, 0.5) is 15.9 Å². The average Bonchev–Trinajstić information content (AvgIpc) is 2.40. The van der Waals surface area contributed by atoms with E-state index in [1.54, 1.807) is 0 Å². The first-order valence-corrected chi connectivity index (χ1v) is 7.05. The lowest BCUT2D eigenvalue weighted by Crippen LogP contribution is -2.17. The molecule has 0 saturated carbocycles. The Morgan fingerprint density at radius 2 is 2.00 bits per heavy atom. The molecule has 0 radical (unpaired) electrons. The van der Waals surface area contributed by atoms with Gasteiger partial charge in [0.15, 0.2) is 0 Å². The van der Waals surface area contributed by atoms with Gasteiger partial charge in [-0.05, 0) is 30.3 Å². The van der Waals surface area contributed by atoms with E-state index in [0.717, 1.165) is 30.5 Å². The fraction of sp³-hybridized carbons (Fsp3) is 0. The van der Waals surface area contributed by atoms with Crippen molar-refractivity contribution in [3.8, 4) is 0 Å². The molecule has 4 N–H and O–H groups in total. The average molecular weight is 311 g/mol.